The van der Waals surface area contributed by atoms with Crippen LogP contribution < -0.4 is 5.32 Å². The summed E-state index contributed by atoms with van der Waals surface area (Å²) >= 11 is 0. The van der Waals surface area contributed by atoms with Crippen LogP contribution in [-0.2, 0) is 4.79 Å². The molecule has 1 unspecified atom stereocenters. The lowest BCUT2D eigenvalue weighted by atomic mass is 10.2. The summed E-state index contributed by atoms with van der Waals surface area (Å²) in [4.78, 5) is 9.81. The van der Waals surface area contributed by atoms with Gasteiger partial charge in [-0.15, -0.1) is 0 Å². The van der Waals surface area contributed by atoms with Gasteiger partial charge in [0.1, 0.15) is 0 Å². The largest absolute Gasteiger partial charge is 0.314 e. The van der Waals surface area contributed by atoms with Crippen LogP contribution in [0.2, 0.25) is 0 Å². The van der Waals surface area contributed by atoms with E-state index in [1.165, 1.54) is 0 Å². The van der Waals surface area contributed by atoms with Crippen molar-refractivity contribution in [1.29, 1.82) is 0 Å². The Morgan fingerprint density at radius 3 is 2.78 bits per heavy atom. The molecule has 0 aromatic rings. The number of nitrogens with one attached hydrogen (secondary N) is 1. The average Bonchev–Trinajstić information content (AvgIpc) is 1.85. The van der Waals surface area contributed by atoms with Crippen molar-refractivity contribution in [2.75, 3.05) is 6.54 Å². The first-order chi connectivity index (χ1) is 4.31. The van der Waals surface area contributed by atoms with E-state index < -0.39 is 0 Å². The van der Waals surface area contributed by atoms with E-state index in [9.17, 15) is 4.79 Å². The first-order valence-corrected chi connectivity index (χ1v) is 3.39. The van der Waals surface area contributed by atoms with Gasteiger partial charge in [-0.05, 0) is 19.9 Å². The zero-order chi connectivity index (χ0) is 7.11. The number of carbonyl (C=O) groups excluding carboxylic acids is 1. The Labute approximate surface area is 56.6 Å². The molecule has 1 radical (unpaired) electrons. The fraction of sp³-hybridized carbons (Fsp3) is 0.857. The summed E-state index contributed by atoms with van der Waals surface area (Å²) in [5.74, 6) is 0. The highest BCUT2D eigenvalue weighted by molar-refractivity contribution is 5.51. The molecule has 9 heavy (non-hydrogen) atoms. The second-order valence-electron chi connectivity index (χ2n) is 2.20. The van der Waals surface area contributed by atoms with Gasteiger partial charge in [0, 0.05) is 12.5 Å². The summed E-state index contributed by atoms with van der Waals surface area (Å²) in [6, 6.07) is 0.294. The first-order valence-electron chi connectivity index (χ1n) is 3.39. The Hall–Kier alpha value is -0.370. The molecule has 1 atom stereocenters. The van der Waals surface area contributed by atoms with Crippen LogP contribution in [0.4, 0.5) is 0 Å². The predicted molar refractivity (Wildman–Crippen MR) is 38.1 cm³/mol. The minimum Gasteiger partial charge on any atom is -0.314 e. The van der Waals surface area contributed by atoms with Crippen molar-refractivity contribution >= 4 is 6.29 Å². The normalized spacial score (nSPS) is 13.1. The molecule has 0 saturated carbocycles. The molecule has 53 valence electrons. The molecule has 2 heteroatoms. The molecule has 0 heterocycles. The van der Waals surface area contributed by atoms with Crippen molar-refractivity contribution in [3.63, 3.8) is 0 Å². The zero-order valence-corrected chi connectivity index (χ0v) is 6.11. The highest BCUT2D eigenvalue weighted by Crippen LogP contribution is 1.85. The topological polar surface area (TPSA) is 29.1 Å². The number of rotatable bonds is 5. The summed E-state index contributed by atoms with van der Waals surface area (Å²) in [5, 5.41) is 3.17. The fourth-order valence-electron chi connectivity index (χ4n) is 0.588. The quantitative estimate of drug-likeness (QED) is 0.595. The van der Waals surface area contributed by atoms with Crippen molar-refractivity contribution in [1.82, 2.24) is 5.32 Å². The lowest BCUT2D eigenvalue weighted by molar-refractivity contribution is 0.515. The Balaban J connectivity index is 3.04. The Kier molecular flexibility index (Phi) is 5.52. The van der Waals surface area contributed by atoms with Gasteiger partial charge in [0.15, 0.2) is 6.29 Å². The predicted octanol–water partition coefficient (Wildman–Crippen LogP) is 0.874. The van der Waals surface area contributed by atoms with E-state index in [1.54, 1.807) is 0 Å². The van der Waals surface area contributed by atoms with Gasteiger partial charge in [-0.25, -0.2) is 0 Å². The standard InChI is InChI=1S/C7H14NO/c1-3-5-8-7(2)4-6-9/h7-8H,3-5H2,1-2H3. The molecule has 0 fully saturated rings. The highest BCUT2D eigenvalue weighted by atomic mass is 16.1. The van der Waals surface area contributed by atoms with Gasteiger partial charge in [0.05, 0.1) is 0 Å². The molecule has 0 saturated heterocycles. The Bertz CT molecular complexity index is 73.3. The summed E-state index contributed by atoms with van der Waals surface area (Å²) in [6.07, 6.45) is 3.48. The SMILES string of the molecule is CCCNC(C)C[C]=O. The van der Waals surface area contributed by atoms with Gasteiger partial charge in [-0.3, -0.25) is 4.79 Å². The van der Waals surface area contributed by atoms with Crippen LogP contribution in [0.5, 0.6) is 0 Å². The minimum absolute atomic E-state index is 0.294. The summed E-state index contributed by atoms with van der Waals surface area (Å²) in [6.45, 7) is 5.08. The van der Waals surface area contributed by atoms with Crippen molar-refractivity contribution in [2.24, 2.45) is 0 Å². The fourth-order valence-corrected chi connectivity index (χ4v) is 0.588. The molecule has 0 aliphatic carbocycles. The van der Waals surface area contributed by atoms with Gasteiger partial charge < -0.3 is 5.32 Å². The molecule has 0 rings (SSSR count). The van der Waals surface area contributed by atoms with Crippen molar-refractivity contribution < 1.29 is 4.79 Å². The van der Waals surface area contributed by atoms with Crippen molar-refractivity contribution in [3.05, 3.63) is 0 Å². The van der Waals surface area contributed by atoms with Gasteiger partial charge in [-0.1, -0.05) is 6.92 Å². The maximum Gasteiger partial charge on any atom is 0.199 e. The van der Waals surface area contributed by atoms with E-state index in [0.717, 1.165) is 13.0 Å². The molecule has 0 aliphatic rings. The average molecular weight is 128 g/mol. The lowest BCUT2D eigenvalue weighted by Crippen LogP contribution is -2.26. The van der Waals surface area contributed by atoms with E-state index in [4.69, 9.17) is 0 Å². The molecule has 0 aromatic carbocycles. The van der Waals surface area contributed by atoms with E-state index >= 15 is 0 Å². The first kappa shape index (κ1) is 8.63. The Morgan fingerprint density at radius 1 is 1.67 bits per heavy atom. The smallest absolute Gasteiger partial charge is 0.199 e. The van der Waals surface area contributed by atoms with Gasteiger partial charge in [-0.2, -0.15) is 0 Å². The van der Waals surface area contributed by atoms with Crippen molar-refractivity contribution in [3.8, 4) is 0 Å². The lowest BCUT2D eigenvalue weighted by Gasteiger charge is -2.07. The van der Waals surface area contributed by atoms with E-state index in [-0.39, 0.29) is 0 Å². The van der Waals surface area contributed by atoms with E-state index in [0.29, 0.717) is 12.5 Å². The summed E-state index contributed by atoms with van der Waals surface area (Å²) in [5.41, 5.74) is 0. The van der Waals surface area contributed by atoms with Crippen LogP contribution in [0.3, 0.4) is 0 Å². The molecular weight excluding hydrogens is 114 g/mol. The number of hydrogen-bond donors (Lipinski definition) is 1. The second-order valence-corrected chi connectivity index (χ2v) is 2.20. The third-order valence-electron chi connectivity index (χ3n) is 1.13. The number of hydrogen-bond acceptors (Lipinski definition) is 2. The molecule has 0 aromatic heterocycles. The zero-order valence-electron chi connectivity index (χ0n) is 6.11. The van der Waals surface area contributed by atoms with Crippen LogP contribution in [0, 0.1) is 0 Å². The third-order valence-corrected chi connectivity index (χ3v) is 1.13. The molecule has 0 bridgehead atoms. The molecule has 2 nitrogen and oxygen atoms in total. The van der Waals surface area contributed by atoms with Gasteiger partial charge in [0.25, 0.3) is 0 Å². The van der Waals surface area contributed by atoms with E-state index in [1.807, 2.05) is 13.2 Å². The molecule has 0 aliphatic heterocycles. The minimum atomic E-state index is 0.294. The summed E-state index contributed by atoms with van der Waals surface area (Å²) < 4.78 is 0. The maximum atomic E-state index is 9.81. The van der Waals surface area contributed by atoms with Crippen LogP contribution in [-0.4, -0.2) is 18.9 Å². The Morgan fingerprint density at radius 2 is 2.33 bits per heavy atom. The molecule has 0 amide bonds. The van der Waals surface area contributed by atoms with Crippen LogP contribution in [0.25, 0.3) is 0 Å². The van der Waals surface area contributed by atoms with Gasteiger partial charge >= 0.3 is 0 Å². The molecule has 1 N–H and O–H groups in total. The monoisotopic (exact) mass is 128 g/mol. The van der Waals surface area contributed by atoms with Crippen LogP contribution in [0.15, 0.2) is 0 Å². The van der Waals surface area contributed by atoms with Crippen LogP contribution >= 0.6 is 0 Å². The third kappa shape index (κ3) is 5.50. The summed E-state index contributed by atoms with van der Waals surface area (Å²) in [7, 11) is 0. The van der Waals surface area contributed by atoms with Gasteiger partial charge in [0.2, 0.25) is 0 Å². The maximum absolute atomic E-state index is 9.81. The van der Waals surface area contributed by atoms with Crippen molar-refractivity contribution in [2.45, 2.75) is 32.7 Å². The molecule has 0 spiro atoms. The van der Waals surface area contributed by atoms with Crippen LogP contribution in [0.1, 0.15) is 26.7 Å². The molecular formula is C7H14NO. The second kappa shape index (κ2) is 5.76. The van der Waals surface area contributed by atoms with E-state index in [2.05, 4.69) is 12.2 Å². The highest BCUT2D eigenvalue weighted by Gasteiger charge is 1.96.